The van der Waals surface area contributed by atoms with Crippen molar-refractivity contribution in [3.63, 3.8) is 0 Å². The number of hydrogen-bond donors (Lipinski definition) is 2. The molecule has 2 N–H and O–H groups in total. The molecule has 3 atom stereocenters. The summed E-state index contributed by atoms with van der Waals surface area (Å²) >= 11 is 1.51. The molecule has 5 nitrogen and oxygen atoms in total. The molecular formula is C14H16F3N3O2S. The summed E-state index contributed by atoms with van der Waals surface area (Å²) in [6.45, 7) is -1.16. The molecule has 0 fully saturated rings. The van der Waals surface area contributed by atoms with Gasteiger partial charge in [-0.05, 0) is 11.1 Å². The van der Waals surface area contributed by atoms with Gasteiger partial charge in [-0.25, -0.2) is 4.39 Å². The van der Waals surface area contributed by atoms with Gasteiger partial charge >= 0.3 is 6.43 Å². The highest BCUT2D eigenvalue weighted by Gasteiger charge is 2.27. The van der Waals surface area contributed by atoms with Gasteiger partial charge in [-0.15, -0.1) is 0 Å². The van der Waals surface area contributed by atoms with Gasteiger partial charge in [0.05, 0.1) is 11.6 Å². The van der Waals surface area contributed by atoms with Crippen LogP contribution in [0.5, 0.6) is 0 Å². The Morgan fingerprint density at radius 1 is 1.43 bits per heavy atom. The molecule has 0 saturated carbocycles. The Hall–Kier alpha value is -1.74. The number of rotatable bonds is 6. The van der Waals surface area contributed by atoms with Crippen molar-refractivity contribution >= 4 is 23.2 Å². The molecule has 0 aliphatic carbocycles. The van der Waals surface area contributed by atoms with E-state index in [2.05, 4.69) is 5.10 Å². The van der Waals surface area contributed by atoms with E-state index in [9.17, 15) is 23.1 Å². The van der Waals surface area contributed by atoms with E-state index in [1.807, 2.05) is 7.05 Å². The molecule has 1 amide bonds. The Morgan fingerprint density at radius 2 is 2.09 bits per heavy atom. The summed E-state index contributed by atoms with van der Waals surface area (Å²) in [6, 6.07) is 5.21. The summed E-state index contributed by atoms with van der Waals surface area (Å²) in [5.41, 5.74) is 2.98. The highest BCUT2D eigenvalue weighted by atomic mass is 32.2. The minimum atomic E-state index is -3.26. The molecule has 0 saturated heterocycles. The van der Waals surface area contributed by atoms with E-state index in [4.69, 9.17) is 0 Å². The molecule has 9 heteroatoms. The van der Waals surface area contributed by atoms with Crippen molar-refractivity contribution < 1.29 is 23.1 Å². The predicted octanol–water partition coefficient (Wildman–Crippen LogP) is 2.06. The number of aliphatic hydroxyl groups is 1. The number of aliphatic hydroxyl groups excluding tert-OH is 1. The molecule has 0 aromatic heterocycles. The normalized spacial score (nSPS) is 19.9. The number of hydrogen-bond acceptors (Lipinski definition) is 5. The summed E-state index contributed by atoms with van der Waals surface area (Å²) in [5.74, 6) is -1.61. The summed E-state index contributed by atoms with van der Waals surface area (Å²) in [7, 11) is 1.82. The predicted molar refractivity (Wildman–Crippen MR) is 81.9 cm³/mol. The van der Waals surface area contributed by atoms with Crippen LogP contribution in [-0.2, 0) is 4.79 Å². The lowest BCUT2D eigenvalue weighted by Gasteiger charge is -2.23. The highest BCUT2D eigenvalue weighted by molar-refractivity contribution is 8.12. The van der Waals surface area contributed by atoms with Gasteiger partial charge in [0.25, 0.3) is 5.91 Å². The summed E-state index contributed by atoms with van der Waals surface area (Å²) in [4.78, 5) is 11.0. The summed E-state index contributed by atoms with van der Waals surface area (Å²) < 4.78 is 37.4. The number of nitrogens with zero attached hydrogens (tertiary/aromatic N) is 2. The number of nitrogens with one attached hydrogen (secondary N) is 1. The average molecular weight is 347 g/mol. The van der Waals surface area contributed by atoms with Crippen molar-refractivity contribution in [2.75, 3.05) is 13.7 Å². The van der Waals surface area contributed by atoms with Crippen LogP contribution < -0.4 is 5.32 Å². The van der Waals surface area contributed by atoms with Gasteiger partial charge < -0.3 is 10.4 Å². The van der Waals surface area contributed by atoms with Crippen molar-refractivity contribution in [3.8, 4) is 0 Å². The van der Waals surface area contributed by atoms with E-state index in [1.165, 1.54) is 11.8 Å². The van der Waals surface area contributed by atoms with E-state index >= 15 is 0 Å². The van der Waals surface area contributed by atoms with Gasteiger partial charge in [-0.3, -0.25) is 9.80 Å². The molecule has 1 aromatic carbocycles. The van der Waals surface area contributed by atoms with Gasteiger partial charge in [0.1, 0.15) is 18.2 Å². The van der Waals surface area contributed by atoms with Crippen molar-refractivity contribution in [1.29, 1.82) is 0 Å². The zero-order chi connectivity index (χ0) is 17.0. The number of benzene rings is 1. The fourth-order valence-electron chi connectivity index (χ4n) is 2.14. The van der Waals surface area contributed by atoms with Crippen LogP contribution in [0.15, 0.2) is 29.4 Å². The molecular weight excluding hydrogens is 331 g/mol. The number of halogens is 3. The number of hydrazone groups is 1. The minimum absolute atomic E-state index is 0.0108. The molecule has 0 spiro atoms. The second kappa shape index (κ2) is 7.69. The third kappa shape index (κ3) is 4.17. The maximum Gasteiger partial charge on any atom is 0.315 e. The molecule has 1 aliphatic heterocycles. The van der Waals surface area contributed by atoms with Crippen LogP contribution in [0, 0.1) is 0 Å². The number of carbonyl (C=O) groups is 1. The third-order valence-corrected chi connectivity index (χ3v) is 4.45. The Bertz CT molecular complexity index is 571. The van der Waals surface area contributed by atoms with Crippen molar-refractivity contribution in [1.82, 2.24) is 10.3 Å². The molecule has 126 valence electrons. The van der Waals surface area contributed by atoms with Gasteiger partial charge in [0.2, 0.25) is 0 Å². The lowest BCUT2D eigenvalue weighted by Crippen LogP contribution is -2.43. The maximum atomic E-state index is 12.9. The largest absolute Gasteiger partial charge is 0.386 e. The molecule has 0 radical (unpaired) electrons. The zero-order valence-electron chi connectivity index (χ0n) is 12.2. The summed E-state index contributed by atoms with van der Waals surface area (Å²) in [6.07, 6.45) is -4.67. The molecule has 2 rings (SSSR count). The van der Waals surface area contributed by atoms with E-state index in [0.29, 0.717) is 5.56 Å². The van der Waals surface area contributed by atoms with E-state index in [-0.39, 0.29) is 5.37 Å². The third-order valence-electron chi connectivity index (χ3n) is 3.39. The van der Waals surface area contributed by atoms with E-state index in [1.54, 1.807) is 40.1 Å². The van der Waals surface area contributed by atoms with Crippen LogP contribution in [0.2, 0.25) is 0 Å². The van der Waals surface area contributed by atoms with Crippen LogP contribution in [0.4, 0.5) is 13.2 Å². The Labute approximate surface area is 135 Å². The fraction of sp³-hybridized carbons (Fsp3) is 0.429. The lowest BCUT2D eigenvalue weighted by atomic mass is 10.0. The van der Waals surface area contributed by atoms with Gasteiger partial charge in [0, 0.05) is 7.05 Å². The summed E-state index contributed by atoms with van der Waals surface area (Å²) in [5, 5.41) is 17.7. The van der Waals surface area contributed by atoms with Crippen molar-refractivity contribution in [3.05, 3.63) is 35.4 Å². The quantitative estimate of drug-likeness (QED) is 0.827. The first kappa shape index (κ1) is 17.6. The second-order valence-corrected chi connectivity index (χ2v) is 5.89. The number of amides is 1. The smallest absolute Gasteiger partial charge is 0.315 e. The first-order chi connectivity index (χ1) is 10.9. The van der Waals surface area contributed by atoms with Gasteiger partial charge in [0.15, 0.2) is 0 Å². The lowest BCUT2D eigenvalue weighted by molar-refractivity contribution is -0.133. The van der Waals surface area contributed by atoms with Gasteiger partial charge in [-0.1, -0.05) is 36.0 Å². The average Bonchev–Trinajstić information content (AvgIpc) is 2.97. The first-order valence-electron chi connectivity index (χ1n) is 6.77. The molecule has 1 unspecified atom stereocenters. The number of thioether (sulfide) groups is 1. The zero-order valence-corrected chi connectivity index (χ0v) is 13.0. The van der Waals surface area contributed by atoms with Gasteiger partial charge in [-0.2, -0.15) is 13.9 Å². The maximum absolute atomic E-state index is 12.9. The Kier molecular flexibility index (Phi) is 5.89. The van der Waals surface area contributed by atoms with Crippen LogP contribution >= 0.6 is 11.8 Å². The minimum Gasteiger partial charge on any atom is -0.386 e. The standard InChI is InChI=1S/C14H16F3N3O2S/c1-20-14(23-7-18-20)9-4-2-8(3-5-9)11(21)10(6-15)19-13(22)12(16)17/h2-5,7,10-12,14,21H,6H2,1H3,(H,19,22)/t10-,11-,14?/m1/s1. The fourth-order valence-corrected chi connectivity index (χ4v) is 3.00. The highest BCUT2D eigenvalue weighted by Crippen LogP contribution is 2.35. The topological polar surface area (TPSA) is 64.9 Å². The number of alkyl halides is 3. The van der Waals surface area contributed by atoms with Crippen molar-refractivity contribution in [2.45, 2.75) is 23.9 Å². The van der Waals surface area contributed by atoms with Crippen LogP contribution in [0.3, 0.4) is 0 Å². The molecule has 1 aliphatic rings. The molecule has 0 bridgehead atoms. The monoisotopic (exact) mass is 347 g/mol. The molecule has 1 aromatic rings. The second-order valence-electron chi connectivity index (χ2n) is 4.96. The Morgan fingerprint density at radius 3 is 2.57 bits per heavy atom. The van der Waals surface area contributed by atoms with Crippen LogP contribution in [0.1, 0.15) is 22.6 Å². The SMILES string of the molecule is CN1N=CSC1c1ccc([C@@H](O)[C@@H](CF)NC(=O)C(F)F)cc1. The van der Waals surface area contributed by atoms with Crippen LogP contribution in [-0.4, -0.2) is 47.8 Å². The molecule has 1 heterocycles. The molecule has 23 heavy (non-hydrogen) atoms. The van der Waals surface area contributed by atoms with E-state index < -0.39 is 31.2 Å². The van der Waals surface area contributed by atoms with Crippen molar-refractivity contribution in [2.24, 2.45) is 5.10 Å². The Balaban J connectivity index is 2.06. The van der Waals surface area contributed by atoms with Crippen LogP contribution in [0.25, 0.3) is 0 Å². The van der Waals surface area contributed by atoms with E-state index in [0.717, 1.165) is 5.56 Å². The number of carbonyl (C=O) groups excluding carboxylic acids is 1. The first-order valence-corrected chi connectivity index (χ1v) is 7.71.